The summed E-state index contributed by atoms with van der Waals surface area (Å²) < 4.78 is 39.4. The van der Waals surface area contributed by atoms with Crippen molar-refractivity contribution in [3.63, 3.8) is 0 Å². The molecule has 2 heterocycles. The van der Waals surface area contributed by atoms with Crippen LogP contribution in [0.25, 0.3) is 0 Å². The lowest BCUT2D eigenvalue weighted by Crippen LogP contribution is -2.39. The molecule has 2 aromatic carbocycles. The average molecular weight is 498 g/mol. The minimum absolute atomic E-state index is 0.270. The van der Waals surface area contributed by atoms with Crippen LogP contribution in [0, 0.1) is 5.82 Å². The van der Waals surface area contributed by atoms with Gasteiger partial charge in [-0.2, -0.15) is 0 Å². The maximum atomic E-state index is 14.0. The largest absolute Gasteiger partial charge is 0.493 e. The Morgan fingerprint density at radius 3 is 2.67 bits per heavy atom. The number of imidazole rings is 1. The Bertz CT molecular complexity index is 1080. The van der Waals surface area contributed by atoms with Gasteiger partial charge in [-0.05, 0) is 62.1 Å². The highest BCUT2D eigenvalue weighted by atomic mass is 19.1. The van der Waals surface area contributed by atoms with Crippen molar-refractivity contribution in [2.24, 2.45) is 0 Å². The number of aromatic nitrogens is 2. The summed E-state index contributed by atoms with van der Waals surface area (Å²) in [6.07, 6.45) is 9.08. The number of hydrogen-bond acceptors (Lipinski definition) is 6. The van der Waals surface area contributed by atoms with Gasteiger partial charge in [0, 0.05) is 39.1 Å². The third-order valence-electron chi connectivity index (χ3n) is 6.76. The maximum absolute atomic E-state index is 14.0. The summed E-state index contributed by atoms with van der Waals surface area (Å²) in [6.45, 7) is 4.44. The van der Waals surface area contributed by atoms with Crippen LogP contribution in [0.5, 0.6) is 17.2 Å². The average Bonchev–Trinajstić information content (AvgIpc) is 3.34. The first kappa shape index (κ1) is 26.0. The molecule has 8 heteroatoms. The van der Waals surface area contributed by atoms with Gasteiger partial charge in [0.15, 0.2) is 23.1 Å². The van der Waals surface area contributed by atoms with Gasteiger partial charge in [-0.15, -0.1) is 0 Å². The van der Waals surface area contributed by atoms with Crippen molar-refractivity contribution in [1.29, 1.82) is 0 Å². The fraction of sp³-hybridized carbons (Fsp3) is 0.464. The molecule has 1 aliphatic heterocycles. The number of likely N-dealkylation sites (tertiary alicyclic amines) is 1. The number of benzene rings is 2. The molecule has 1 atom stereocenters. The van der Waals surface area contributed by atoms with Crippen LogP contribution in [0.3, 0.4) is 0 Å². The minimum Gasteiger partial charge on any atom is -0.493 e. The molecule has 1 aromatic heterocycles. The zero-order valence-electron chi connectivity index (χ0n) is 21.2. The summed E-state index contributed by atoms with van der Waals surface area (Å²) in [4.78, 5) is 6.48. The second-order valence-electron chi connectivity index (χ2n) is 9.22. The van der Waals surface area contributed by atoms with E-state index in [0.717, 1.165) is 63.4 Å². The summed E-state index contributed by atoms with van der Waals surface area (Å²) >= 11 is 0. The molecule has 3 aromatic rings. The second-order valence-corrected chi connectivity index (χ2v) is 9.22. The third-order valence-corrected chi connectivity index (χ3v) is 6.76. The van der Waals surface area contributed by atoms with Gasteiger partial charge in [0.1, 0.15) is 12.2 Å². The van der Waals surface area contributed by atoms with Gasteiger partial charge in [-0.3, -0.25) is 4.90 Å². The summed E-state index contributed by atoms with van der Waals surface area (Å²) in [7, 11) is 3.39. The Hall–Kier alpha value is -3.10. The Morgan fingerprint density at radius 2 is 1.89 bits per heavy atom. The van der Waals surface area contributed by atoms with Crippen molar-refractivity contribution < 1.29 is 23.3 Å². The Balaban J connectivity index is 1.29. The first-order valence-corrected chi connectivity index (χ1v) is 12.5. The van der Waals surface area contributed by atoms with Gasteiger partial charge >= 0.3 is 0 Å². The fourth-order valence-electron chi connectivity index (χ4n) is 4.60. The van der Waals surface area contributed by atoms with Crippen LogP contribution in [0.2, 0.25) is 0 Å². The first-order valence-electron chi connectivity index (χ1n) is 12.5. The molecule has 0 bridgehead atoms. The normalized spacial score (nSPS) is 18.5. The molecule has 0 N–H and O–H groups in total. The number of ether oxygens (including phenoxy) is 4. The molecular weight excluding hydrogens is 461 g/mol. The number of rotatable bonds is 12. The predicted octanol–water partition coefficient (Wildman–Crippen LogP) is 4.95. The smallest absolute Gasteiger partial charge is 0.165 e. The van der Waals surface area contributed by atoms with E-state index >= 15 is 0 Å². The molecule has 0 spiro atoms. The fourth-order valence-corrected chi connectivity index (χ4v) is 4.60. The zero-order valence-corrected chi connectivity index (χ0v) is 21.2. The van der Waals surface area contributed by atoms with Gasteiger partial charge in [0.25, 0.3) is 0 Å². The van der Waals surface area contributed by atoms with E-state index in [1.807, 2.05) is 23.2 Å². The number of halogens is 1. The van der Waals surface area contributed by atoms with Crippen molar-refractivity contribution in [2.45, 2.75) is 44.4 Å². The molecule has 0 aliphatic carbocycles. The Kier molecular flexibility index (Phi) is 9.19. The molecule has 7 nitrogen and oxygen atoms in total. The van der Waals surface area contributed by atoms with E-state index in [-0.39, 0.29) is 11.6 Å². The van der Waals surface area contributed by atoms with Gasteiger partial charge < -0.3 is 23.5 Å². The zero-order chi connectivity index (χ0) is 25.2. The first-order chi connectivity index (χ1) is 17.6. The molecule has 0 amide bonds. The van der Waals surface area contributed by atoms with E-state index in [0.29, 0.717) is 13.2 Å². The number of para-hydroxylation sites is 1. The molecule has 36 heavy (non-hydrogen) atoms. The molecule has 1 saturated heterocycles. The standard InChI is InChI=1S/C28H36FN3O4/c1-33-27-19-23(9-10-26(27)35-18-6-15-32-17-13-30-22-32)20-31-14-5-11-28(34-2,12-16-31)21-36-25-8-4-3-7-24(25)29/h3-4,7-10,13,17,19,22H,5-6,11-12,14-16,18,20-21H2,1-2H3/t28-/m0/s1. The number of nitrogens with zero attached hydrogens (tertiary/aromatic N) is 3. The van der Waals surface area contributed by atoms with Gasteiger partial charge in [-0.1, -0.05) is 18.2 Å². The lowest BCUT2D eigenvalue weighted by molar-refractivity contribution is -0.0548. The van der Waals surface area contributed by atoms with E-state index in [9.17, 15) is 4.39 Å². The van der Waals surface area contributed by atoms with Crippen LogP contribution in [0.15, 0.2) is 61.2 Å². The molecule has 194 valence electrons. The van der Waals surface area contributed by atoms with E-state index in [2.05, 4.69) is 22.0 Å². The van der Waals surface area contributed by atoms with Crippen LogP contribution in [-0.2, 0) is 17.8 Å². The molecule has 0 radical (unpaired) electrons. The van der Waals surface area contributed by atoms with Gasteiger partial charge in [0.2, 0.25) is 0 Å². The van der Waals surface area contributed by atoms with Crippen LogP contribution in [0.1, 0.15) is 31.2 Å². The Labute approximate surface area is 212 Å². The van der Waals surface area contributed by atoms with Crippen molar-refractivity contribution in [2.75, 3.05) is 40.5 Å². The summed E-state index contributed by atoms with van der Waals surface area (Å²) in [5.41, 5.74) is 0.744. The molecule has 0 saturated carbocycles. The number of methoxy groups -OCH3 is 2. The molecule has 1 aliphatic rings. The number of hydrogen-bond donors (Lipinski definition) is 0. The predicted molar refractivity (Wildman–Crippen MR) is 136 cm³/mol. The van der Waals surface area contributed by atoms with Crippen molar-refractivity contribution >= 4 is 0 Å². The molecule has 1 fully saturated rings. The highest BCUT2D eigenvalue weighted by molar-refractivity contribution is 5.43. The quantitative estimate of drug-likeness (QED) is 0.330. The van der Waals surface area contributed by atoms with Crippen LogP contribution in [-0.4, -0.2) is 60.6 Å². The van der Waals surface area contributed by atoms with Crippen LogP contribution >= 0.6 is 0 Å². The highest BCUT2D eigenvalue weighted by Crippen LogP contribution is 2.31. The van der Waals surface area contributed by atoms with E-state index < -0.39 is 5.60 Å². The Morgan fingerprint density at radius 1 is 1.00 bits per heavy atom. The van der Waals surface area contributed by atoms with Crippen LogP contribution in [0.4, 0.5) is 4.39 Å². The van der Waals surface area contributed by atoms with Gasteiger partial charge in [0.05, 0.1) is 20.0 Å². The monoisotopic (exact) mass is 497 g/mol. The molecule has 0 unspecified atom stereocenters. The topological polar surface area (TPSA) is 58.0 Å². The SMILES string of the molecule is COc1cc(CN2CCC[C@](COc3ccccc3F)(OC)CC2)ccc1OCCCn1ccnc1. The molecule has 4 rings (SSSR count). The summed E-state index contributed by atoms with van der Waals surface area (Å²) in [5, 5.41) is 0. The highest BCUT2D eigenvalue weighted by Gasteiger charge is 2.34. The lowest BCUT2D eigenvalue weighted by Gasteiger charge is -2.31. The summed E-state index contributed by atoms with van der Waals surface area (Å²) in [6, 6.07) is 12.7. The maximum Gasteiger partial charge on any atom is 0.165 e. The van der Waals surface area contributed by atoms with Crippen molar-refractivity contribution in [3.05, 3.63) is 72.6 Å². The van der Waals surface area contributed by atoms with E-state index in [1.165, 1.54) is 11.6 Å². The van der Waals surface area contributed by atoms with Gasteiger partial charge in [-0.25, -0.2) is 9.37 Å². The number of aryl methyl sites for hydroxylation is 1. The second kappa shape index (κ2) is 12.7. The summed E-state index contributed by atoms with van der Waals surface area (Å²) in [5.74, 6) is 1.42. The lowest BCUT2D eigenvalue weighted by atomic mass is 9.95. The van der Waals surface area contributed by atoms with Crippen molar-refractivity contribution in [3.8, 4) is 17.2 Å². The third kappa shape index (κ3) is 6.98. The van der Waals surface area contributed by atoms with Crippen molar-refractivity contribution in [1.82, 2.24) is 14.5 Å². The van der Waals surface area contributed by atoms with E-state index in [4.69, 9.17) is 18.9 Å². The molecular formula is C28H36FN3O4. The minimum atomic E-state index is -0.427. The van der Waals surface area contributed by atoms with Crippen LogP contribution < -0.4 is 14.2 Å². The van der Waals surface area contributed by atoms with E-state index in [1.54, 1.807) is 38.6 Å².